The number of aromatic nitrogens is 4. The molecule has 0 aliphatic heterocycles. The van der Waals surface area contributed by atoms with Crippen LogP contribution >= 0.6 is 0 Å². The van der Waals surface area contributed by atoms with Crippen LogP contribution in [0.5, 0.6) is 0 Å². The number of allylic oxidation sites excluding steroid dienone is 1. The molecule has 0 fully saturated rings. The Kier molecular flexibility index (Phi) is 5.62. The minimum absolute atomic E-state index is 0.207. The van der Waals surface area contributed by atoms with E-state index < -0.39 is 0 Å². The molecule has 0 aromatic carbocycles. The number of anilines is 1. The SMILES string of the molecule is CC=C(NOC)c1cc(-c2cccnc2)cc2nc(NC(=O)NCC)nn12. The minimum atomic E-state index is -0.358. The summed E-state index contributed by atoms with van der Waals surface area (Å²) in [5.74, 6) is 0.207. The molecule has 0 bridgehead atoms. The minimum Gasteiger partial charge on any atom is -0.338 e. The number of carbonyl (C=O) groups is 1. The molecule has 0 aliphatic carbocycles. The molecule has 9 nitrogen and oxygen atoms in total. The molecule has 0 saturated carbocycles. The molecule has 140 valence electrons. The Morgan fingerprint density at radius 1 is 1.33 bits per heavy atom. The predicted molar refractivity (Wildman–Crippen MR) is 103 cm³/mol. The van der Waals surface area contributed by atoms with Gasteiger partial charge in [-0.3, -0.25) is 20.6 Å². The molecular weight excluding hydrogens is 346 g/mol. The van der Waals surface area contributed by atoms with E-state index in [1.165, 1.54) is 7.11 Å². The van der Waals surface area contributed by atoms with Crippen molar-refractivity contribution < 1.29 is 9.63 Å². The maximum absolute atomic E-state index is 11.8. The number of fused-ring (bicyclic) bond motifs is 1. The number of carbonyl (C=O) groups excluding carboxylic acids is 1. The smallest absolute Gasteiger partial charge is 0.321 e. The number of rotatable bonds is 6. The number of pyridine rings is 2. The summed E-state index contributed by atoms with van der Waals surface area (Å²) in [5.41, 5.74) is 6.72. The van der Waals surface area contributed by atoms with Gasteiger partial charge in [0.25, 0.3) is 5.95 Å². The van der Waals surface area contributed by atoms with Gasteiger partial charge in [0.05, 0.1) is 18.5 Å². The van der Waals surface area contributed by atoms with Gasteiger partial charge < -0.3 is 5.32 Å². The van der Waals surface area contributed by atoms with Gasteiger partial charge in [0.2, 0.25) is 0 Å². The number of nitrogens with one attached hydrogen (secondary N) is 3. The van der Waals surface area contributed by atoms with E-state index in [4.69, 9.17) is 4.84 Å². The summed E-state index contributed by atoms with van der Waals surface area (Å²) >= 11 is 0. The van der Waals surface area contributed by atoms with E-state index in [1.54, 1.807) is 16.9 Å². The summed E-state index contributed by atoms with van der Waals surface area (Å²) in [6.07, 6.45) is 5.36. The molecule has 0 unspecified atom stereocenters. The van der Waals surface area contributed by atoms with Gasteiger partial charge in [-0.2, -0.15) is 4.98 Å². The van der Waals surface area contributed by atoms with Gasteiger partial charge in [0, 0.05) is 24.5 Å². The van der Waals surface area contributed by atoms with Gasteiger partial charge in [-0.25, -0.2) is 9.31 Å². The van der Waals surface area contributed by atoms with Crippen LogP contribution in [0.2, 0.25) is 0 Å². The third-order valence-electron chi connectivity index (χ3n) is 3.77. The second-order valence-corrected chi connectivity index (χ2v) is 5.57. The first kappa shape index (κ1) is 18.3. The zero-order valence-electron chi connectivity index (χ0n) is 15.4. The van der Waals surface area contributed by atoms with Crippen LogP contribution in [0.3, 0.4) is 0 Å². The summed E-state index contributed by atoms with van der Waals surface area (Å²) in [4.78, 5) is 25.5. The lowest BCUT2D eigenvalue weighted by Gasteiger charge is -2.12. The summed E-state index contributed by atoms with van der Waals surface area (Å²) < 4.78 is 1.64. The van der Waals surface area contributed by atoms with Crippen molar-refractivity contribution in [2.24, 2.45) is 0 Å². The van der Waals surface area contributed by atoms with E-state index in [2.05, 4.69) is 31.2 Å². The molecule has 0 aliphatic rings. The van der Waals surface area contributed by atoms with Crippen LogP contribution in [0.1, 0.15) is 19.5 Å². The highest BCUT2D eigenvalue weighted by Gasteiger charge is 2.15. The fraction of sp³-hybridized carbons (Fsp3) is 0.222. The Balaban J connectivity index is 2.13. The first-order valence-electron chi connectivity index (χ1n) is 8.48. The van der Waals surface area contributed by atoms with Crippen molar-refractivity contribution in [2.45, 2.75) is 13.8 Å². The highest BCUT2D eigenvalue weighted by molar-refractivity contribution is 5.87. The highest BCUT2D eigenvalue weighted by atomic mass is 16.6. The van der Waals surface area contributed by atoms with Crippen molar-refractivity contribution in [3.63, 3.8) is 0 Å². The molecule has 2 amide bonds. The monoisotopic (exact) mass is 367 g/mol. The quantitative estimate of drug-likeness (QED) is 0.578. The Morgan fingerprint density at radius 2 is 2.19 bits per heavy atom. The van der Waals surface area contributed by atoms with Crippen molar-refractivity contribution >= 4 is 23.3 Å². The van der Waals surface area contributed by atoms with E-state index in [-0.39, 0.29) is 12.0 Å². The van der Waals surface area contributed by atoms with Gasteiger partial charge in [-0.05, 0) is 37.6 Å². The maximum Gasteiger partial charge on any atom is 0.321 e. The third kappa shape index (κ3) is 4.04. The van der Waals surface area contributed by atoms with Crippen LogP contribution in [0.15, 0.2) is 42.7 Å². The van der Waals surface area contributed by atoms with Crippen LogP contribution in [-0.4, -0.2) is 39.3 Å². The first-order valence-corrected chi connectivity index (χ1v) is 8.48. The number of hydrogen-bond donors (Lipinski definition) is 3. The van der Waals surface area contributed by atoms with Crippen LogP contribution in [0.4, 0.5) is 10.7 Å². The summed E-state index contributed by atoms with van der Waals surface area (Å²) in [6, 6.07) is 7.32. The van der Waals surface area contributed by atoms with E-state index in [0.717, 1.165) is 16.8 Å². The molecule has 3 rings (SSSR count). The molecule has 27 heavy (non-hydrogen) atoms. The average molecular weight is 367 g/mol. The predicted octanol–water partition coefficient (Wildman–Crippen LogP) is 2.44. The Labute approximate surface area is 156 Å². The van der Waals surface area contributed by atoms with E-state index >= 15 is 0 Å². The Bertz CT molecular complexity index is 967. The molecule has 0 saturated heterocycles. The molecule has 0 spiro atoms. The highest BCUT2D eigenvalue weighted by Crippen LogP contribution is 2.25. The molecular formula is C18H21N7O2. The van der Waals surface area contributed by atoms with Gasteiger partial charge in [0.1, 0.15) is 0 Å². The van der Waals surface area contributed by atoms with Crippen molar-refractivity contribution in [1.82, 2.24) is 30.4 Å². The van der Waals surface area contributed by atoms with Crippen LogP contribution in [0.25, 0.3) is 22.5 Å². The molecule has 0 atom stereocenters. The van der Waals surface area contributed by atoms with Crippen molar-refractivity contribution in [3.05, 3.63) is 48.4 Å². The lowest BCUT2D eigenvalue weighted by molar-refractivity contribution is 0.136. The number of amides is 2. The summed E-state index contributed by atoms with van der Waals surface area (Å²) in [7, 11) is 1.54. The second-order valence-electron chi connectivity index (χ2n) is 5.57. The van der Waals surface area contributed by atoms with E-state index in [9.17, 15) is 4.79 Å². The van der Waals surface area contributed by atoms with E-state index in [0.29, 0.717) is 17.9 Å². The second kappa shape index (κ2) is 8.28. The first-order chi connectivity index (χ1) is 13.2. The molecule has 3 aromatic heterocycles. The lowest BCUT2D eigenvalue weighted by atomic mass is 10.1. The van der Waals surface area contributed by atoms with Crippen molar-refractivity contribution in [3.8, 4) is 11.1 Å². The van der Waals surface area contributed by atoms with Crippen LogP contribution < -0.4 is 16.1 Å². The van der Waals surface area contributed by atoms with E-state index in [1.807, 2.05) is 44.2 Å². The largest absolute Gasteiger partial charge is 0.338 e. The van der Waals surface area contributed by atoms with Gasteiger partial charge in [-0.15, -0.1) is 5.10 Å². The van der Waals surface area contributed by atoms with Crippen molar-refractivity contribution in [2.75, 3.05) is 19.0 Å². The fourth-order valence-corrected chi connectivity index (χ4v) is 2.60. The molecule has 3 aromatic rings. The number of hydrogen-bond acceptors (Lipinski definition) is 6. The third-order valence-corrected chi connectivity index (χ3v) is 3.77. The number of nitrogens with zero attached hydrogens (tertiary/aromatic N) is 4. The summed E-state index contributed by atoms with van der Waals surface area (Å²) in [5, 5.41) is 9.69. The molecule has 0 radical (unpaired) electrons. The van der Waals surface area contributed by atoms with Gasteiger partial charge in [0.15, 0.2) is 5.65 Å². The summed E-state index contributed by atoms with van der Waals surface area (Å²) in [6.45, 7) is 4.23. The zero-order chi connectivity index (χ0) is 19.2. The number of urea groups is 1. The Morgan fingerprint density at radius 3 is 2.85 bits per heavy atom. The lowest BCUT2D eigenvalue weighted by Crippen LogP contribution is -2.28. The number of hydroxylamine groups is 1. The maximum atomic E-state index is 11.8. The average Bonchev–Trinajstić information content (AvgIpc) is 3.08. The van der Waals surface area contributed by atoms with Crippen LogP contribution in [0, 0.1) is 0 Å². The normalized spacial score (nSPS) is 11.4. The molecule has 3 N–H and O–H groups in total. The molecule has 3 heterocycles. The fourth-order valence-electron chi connectivity index (χ4n) is 2.60. The van der Waals surface area contributed by atoms with Gasteiger partial charge in [-0.1, -0.05) is 12.1 Å². The topological polar surface area (TPSA) is 105 Å². The van der Waals surface area contributed by atoms with Gasteiger partial charge >= 0.3 is 6.03 Å². The standard InChI is InChI=1S/C18H21N7O2/c1-4-14(24-27-3)15-9-13(12-7-6-8-19-11-12)10-16-21-17(23-25(15)16)22-18(26)20-5-2/h4,6-11,24H,5H2,1-3H3,(H2,20,22,23,26). The Hall–Kier alpha value is -3.46. The van der Waals surface area contributed by atoms with Crippen molar-refractivity contribution in [1.29, 1.82) is 0 Å². The molecule has 9 heteroatoms. The zero-order valence-corrected chi connectivity index (χ0v) is 15.4. The van der Waals surface area contributed by atoms with Crippen LogP contribution in [-0.2, 0) is 4.84 Å².